The minimum atomic E-state index is -4.37. The van der Waals surface area contributed by atoms with E-state index in [-0.39, 0.29) is 6.04 Å². The second-order valence-electron chi connectivity index (χ2n) is 6.33. The summed E-state index contributed by atoms with van der Waals surface area (Å²) >= 11 is 0. The Kier molecular flexibility index (Phi) is 5.77. The highest BCUT2D eigenvalue weighted by Gasteiger charge is 2.29. The van der Waals surface area contributed by atoms with Gasteiger partial charge in [-0.25, -0.2) is 4.98 Å². The molecule has 5 nitrogen and oxygen atoms in total. The van der Waals surface area contributed by atoms with Crippen molar-refractivity contribution >= 4 is 17.5 Å². The summed E-state index contributed by atoms with van der Waals surface area (Å²) in [6.45, 7) is 4.06. The number of pyridine rings is 1. The summed E-state index contributed by atoms with van der Waals surface area (Å²) in [6, 6.07) is 12.2. The zero-order chi connectivity index (χ0) is 20.1. The summed E-state index contributed by atoms with van der Waals surface area (Å²) < 4.78 is 38.2. The molecule has 0 saturated heterocycles. The van der Waals surface area contributed by atoms with Gasteiger partial charge in [0.05, 0.1) is 17.0 Å². The zero-order valence-electron chi connectivity index (χ0n) is 15.5. The molecule has 1 atom stereocenters. The maximum atomic E-state index is 12.7. The highest BCUT2D eigenvalue weighted by molar-refractivity contribution is 5.65. The first-order valence-corrected chi connectivity index (χ1v) is 8.86. The summed E-state index contributed by atoms with van der Waals surface area (Å²) in [7, 11) is 0. The van der Waals surface area contributed by atoms with Gasteiger partial charge >= 0.3 is 6.18 Å². The van der Waals surface area contributed by atoms with E-state index < -0.39 is 11.7 Å². The van der Waals surface area contributed by atoms with Gasteiger partial charge in [-0.1, -0.05) is 13.0 Å². The molecule has 146 valence electrons. The molecule has 0 aliphatic carbocycles. The Balaban J connectivity index is 1.91. The molecule has 0 amide bonds. The van der Waals surface area contributed by atoms with Crippen LogP contribution in [0.25, 0.3) is 11.4 Å². The van der Waals surface area contributed by atoms with Crippen molar-refractivity contribution in [3.05, 3.63) is 60.3 Å². The van der Waals surface area contributed by atoms with Crippen LogP contribution in [0, 0.1) is 0 Å². The van der Waals surface area contributed by atoms with E-state index in [1.54, 1.807) is 12.3 Å². The van der Waals surface area contributed by atoms with Gasteiger partial charge in [-0.2, -0.15) is 18.2 Å². The van der Waals surface area contributed by atoms with Crippen molar-refractivity contribution in [3.8, 4) is 11.4 Å². The second-order valence-corrected chi connectivity index (χ2v) is 6.33. The molecule has 2 N–H and O–H groups in total. The van der Waals surface area contributed by atoms with Crippen molar-refractivity contribution in [2.75, 3.05) is 10.6 Å². The molecule has 0 aliphatic rings. The molecular weight excluding hydrogens is 367 g/mol. The van der Waals surface area contributed by atoms with Gasteiger partial charge in [0.1, 0.15) is 5.82 Å². The number of aromatic nitrogens is 3. The van der Waals surface area contributed by atoms with E-state index in [0.29, 0.717) is 28.8 Å². The maximum Gasteiger partial charge on any atom is 0.416 e. The minimum Gasteiger partial charge on any atom is -0.352 e. The number of halogens is 3. The van der Waals surface area contributed by atoms with Crippen molar-refractivity contribution in [1.29, 1.82) is 0 Å². The molecule has 0 saturated carbocycles. The number of alkyl halides is 3. The van der Waals surface area contributed by atoms with Crippen molar-refractivity contribution in [2.24, 2.45) is 0 Å². The van der Waals surface area contributed by atoms with Gasteiger partial charge in [-0.05, 0) is 49.7 Å². The standard InChI is InChI=1S/C20H20F3N5/c1-3-13(2)25-19-27-17(16-6-4-5-11-24-16)12-18(28-19)26-15-9-7-14(8-10-15)20(21,22)23/h4-13H,3H2,1-2H3,(H2,25,26,27,28)/t13-/m1/s1. The fraction of sp³-hybridized carbons (Fsp3) is 0.250. The number of rotatable bonds is 6. The minimum absolute atomic E-state index is 0.165. The number of hydrogen-bond donors (Lipinski definition) is 2. The molecule has 3 aromatic rings. The lowest BCUT2D eigenvalue weighted by Crippen LogP contribution is -2.16. The molecule has 2 heterocycles. The normalized spacial score (nSPS) is 12.5. The van der Waals surface area contributed by atoms with Gasteiger partial charge in [-0.3, -0.25) is 4.98 Å². The molecule has 0 spiro atoms. The van der Waals surface area contributed by atoms with Crippen molar-refractivity contribution in [3.63, 3.8) is 0 Å². The Bertz CT molecular complexity index is 911. The van der Waals surface area contributed by atoms with Crippen molar-refractivity contribution < 1.29 is 13.2 Å². The van der Waals surface area contributed by atoms with E-state index in [0.717, 1.165) is 18.6 Å². The van der Waals surface area contributed by atoms with Crippen molar-refractivity contribution in [2.45, 2.75) is 32.5 Å². The summed E-state index contributed by atoms with van der Waals surface area (Å²) in [5.74, 6) is 0.883. The van der Waals surface area contributed by atoms with Crippen LogP contribution in [-0.2, 0) is 6.18 Å². The maximum absolute atomic E-state index is 12.7. The number of anilines is 3. The number of benzene rings is 1. The van der Waals surface area contributed by atoms with Crippen LogP contribution in [0.1, 0.15) is 25.8 Å². The van der Waals surface area contributed by atoms with Crippen LogP contribution in [0.5, 0.6) is 0 Å². The quantitative estimate of drug-likeness (QED) is 0.584. The molecule has 28 heavy (non-hydrogen) atoms. The van der Waals surface area contributed by atoms with E-state index in [4.69, 9.17) is 0 Å². The Labute approximate surface area is 161 Å². The SMILES string of the molecule is CC[C@@H](C)Nc1nc(Nc2ccc(C(F)(F)F)cc2)cc(-c2ccccn2)n1. The van der Waals surface area contributed by atoms with E-state index in [1.165, 1.54) is 12.1 Å². The van der Waals surface area contributed by atoms with Crippen LogP contribution in [-0.4, -0.2) is 21.0 Å². The molecular formula is C20H20F3N5. The van der Waals surface area contributed by atoms with Gasteiger partial charge in [0.25, 0.3) is 0 Å². The predicted octanol–water partition coefficient (Wildman–Crippen LogP) is 5.51. The molecule has 3 rings (SSSR count). The van der Waals surface area contributed by atoms with E-state index >= 15 is 0 Å². The fourth-order valence-electron chi connectivity index (χ4n) is 2.43. The molecule has 8 heteroatoms. The van der Waals surface area contributed by atoms with Gasteiger partial charge in [-0.15, -0.1) is 0 Å². The first-order valence-electron chi connectivity index (χ1n) is 8.86. The molecule has 0 radical (unpaired) electrons. The average molecular weight is 387 g/mol. The Morgan fingerprint density at radius 2 is 1.75 bits per heavy atom. The van der Waals surface area contributed by atoms with Crippen LogP contribution in [0.4, 0.5) is 30.6 Å². The highest BCUT2D eigenvalue weighted by Crippen LogP contribution is 2.30. The lowest BCUT2D eigenvalue weighted by atomic mass is 10.2. The van der Waals surface area contributed by atoms with E-state index in [2.05, 4.69) is 25.6 Å². The van der Waals surface area contributed by atoms with E-state index in [1.807, 2.05) is 32.0 Å². The van der Waals surface area contributed by atoms with Crippen LogP contribution < -0.4 is 10.6 Å². The number of nitrogens with one attached hydrogen (secondary N) is 2. The monoisotopic (exact) mass is 387 g/mol. The Hall–Kier alpha value is -3.16. The van der Waals surface area contributed by atoms with Crippen LogP contribution >= 0.6 is 0 Å². The Morgan fingerprint density at radius 3 is 2.36 bits per heavy atom. The van der Waals surface area contributed by atoms with Crippen LogP contribution in [0.15, 0.2) is 54.7 Å². The second kappa shape index (κ2) is 8.24. The summed E-state index contributed by atoms with van der Waals surface area (Å²) in [4.78, 5) is 13.2. The first-order chi connectivity index (χ1) is 13.3. The van der Waals surface area contributed by atoms with Crippen molar-refractivity contribution in [1.82, 2.24) is 15.0 Å². The largest absolute Gasteiger partial charge is 0.416 e. The summed E-state index contributed by atoms with van der Waals surface area (Å²) in [5, 5.41) is 6.26. The molecule has 2 aromatic heterocycles. The number of nitrogens with zero attached hydrogens (tertiary/aromatic N) is 3. The topological polar surface area (TPSA) is 62.7 Å². The average Bonchev–Trinajstić information content (AvgIpc) is 2.68. The lowest BCUT2D eigenvalue weighted by molar-refractivity contribution is -0.137. The molecule has 0 fully saturated rings. The van der Waals surface area contributed by atoms with Crippen LogP contribution in [0.2, 0.25) is 0 Å². The number of hydrogen-bond acceptors (Lipinski definition) is 5. The lowest BCUT2D eigenvalue weighted by Gasteiger charge is -2.14. The van der Waals surface area contributed by atoms with Gasteiger partial charge in [0.15, 0.2) is 0 Å². The highest BCUT2D eigenvalue weighted by atomic mass is 19.4. The van der Waals surface area contributed by atoms with Gasteiger partial charge in [0.2, 0.25) is 5.95 Å². The third kappa shape index (κ3) is 4.97. The first kappa shape index (κ1) is 19.6. The molecule has 0 unspecified atom stereocenters. The predicted molar refractivity (Wildman–Crippen MR) is 103 cm³/mol. The zero-order valence-corrected chi connectivity index (χ0v) is 15.5. The summed E-state index contributed by atoms with van der Waals surface area (Å²) in [5.41, 5.74) is 1.07. The van der Waals surface area contributed by atoms with E-state index in [9.17, 15) is 13.2 Å². The third-order valence-corrected chi connectivity index (χ3v) is 4.13. The van der Waals surface area contributed by atoms with Crippen LogP contribution in [0.3, 0.4) is 0 Å². The molecule has 1 aromatic carbocycles. The Morgan fingerprint density at radius 1 is 1.00 bits per heavy atom. The van der Waals surface area contributed by atoms with Gasteiger partial charge < -0.3 is 10.6 Å². The molecule has 0 aliphatic heterocycles. The smallest absolute Gasteiger partial charge is 0.352 e. The summed E-state index contributed by atoms with van der Waals surface area (Å²) in [6.07, 6.45) is -1.81. The molecule has 0 bridgehead atoms. The third-order valence-electron chi connectivity index (χ3n) is 4.13. The fourth-order valence-corrected chi connectivity index (χ4v) is 2.43. The van der Waals surface area contributed by atoms with Gasteiger partial charge in [0, 0.05) is 24.0 Å².